The van der Waals surface area contributed by atoms with E-state index in [0.29, 0.717) is 11.4 Å². The second kappa shape index (κ2) is 3.29. The van der Waals surface area contributed by atoms with Crippen LogP contribution in [-0.2, 0) is 10.0 Å². The van der Waals surface area contributed by atoms with E-state index in [1.807, 2.05) is 0 Å². The predicted molar refractivity (Wildman–Crippen MR) is 48.2 cm³/mol. The average Bonchev–Trinajstić information content (AvgIpc) is 2.01. The summed E-state index contributed by atoms with van der Waals surface area (Å²) >= 11 is 0. The summed E-state index contributed by atoms with van der Waals surface area (Å²) in [6.45, 7) is 1.61. The average molecular weight is 202 g/mol. The molecular formula is C6H10N4O2S. The fourth-order valence-electron chi connectivity index (χ4n) is 0.920. The van der Waals surface area contributed by atoms with Gasteiger partial charge >= 0.3 is 0 Å². The van der Waals surface area contributed by atoms with Gasteiger partial charge in [0.25, 0.3) is 0 Å². The van der Waals surface area contributed by atoms with Crippen molar-refractivity contribution in [1.29, 1.82) is 0 Å². The van der Waals surface area contributed by atoms with Crippen molar-refractivity contribution in [2.75, 3.05) is 5.43 Å². The van der Waals surface area contributed by atoms with Gasteiger partial charge in [-0.05, 0) is 18.6 Å². The van der Waals surface area contributed by atoms with E-state index in [1.54, 1.807) is 6.92 Å². The quantitative estimate of drug-likeness (QED) is 0.434. The first kappa shape index (κ1) is 9.90. The van der Waals surface area contributed by atoms with Gasteiger partial charge in [0.05, 0.1) is 0 Å². The van der Waals surface area contributed by atoms with Gasteiger partial charge in [-0.2, -0.15) is 0 Å². The Morgan fingerprint density at radius 3 is 2.54 bits per heavy atom. The minimum absolute atomic E-state index is 0.00602. The lowest BCUT2D eigenvalue weighted by atomic mass is 10.3. The van der Waals surface area contributed by atoms with Crippen LogP contribution in [0.2, 0.25) is 0 Å². The van der Waals surface area contributed by atoms with Crippen LogP contribution in [0.3, 0.4) is 0 Å². The number of primary sulfonamides is 1. The number of anilines is 1. The topological polar surface area (TPSA) is 111 Å². The third-order valence-electron chi connectivity index (χ3n) is 1.52. The van der Waals surface area contributed by atoms with Crippen LogP contribution in [-0.4, -0.2) is 13.4 Å². The number of hydrazine groups is 1. The van der Waals surface area contributed by atoms with Crippen molar-refractivity contribution >= 4 is 15.8 Å². The van der Waals surface area contributed by atoms with Gasteiger partial charge in [0, 0.05) is 6.20 Å². The number of nitrogen functional groups attached to an aromatic ring is 1. The lowest BCUT2D eigenvalue weighted by Crippen LogP contribution is -2.15. The lowest BCUT2D eigenvalue weighted by Gasteiger charge is -2.04. The molecular weight excluding hydrogens is 192 g/mol. The zero-order valence-corrected chi connectivity index (χ0v) is 7.80. The normalized spacial score (nSPS) is 11.3. The molecule has 0 aliphatic carbocycles. The van der Waals surface area contributed by atoms with E-state index in [-0.39, 0.29) is 4.90 Å². The Hall–Kier alpha value is -1.18. The van der Waals surface area contributed by atoms with E-state index >= 15 is 0 Å². The fourth-order valence-corrected chi connectivity index (χ4v) is 1.63. The maximum Gasteiger partial charge on any atom is 0.239 e. The van der Waals surface area contributed by atoms with Crippen molar-refractivity contribution in [3.05, 3.63) is 17.8 Å². The zero-order chi connectivity index (χ0) is 10.1. The first-order chi connectivity index (χ1) is 5.95. The molecule has 0 aromatic carbocycles. The molecule has 0 saturated heterocycles. The lowest BCUT2D eigenvalue weighted by molar-refractivity contribution is 0.597. The molecule has 5 N–H and O–H groups in total. The highest BCUT2D eigenvalue weighted by atomic mass is 32.2. The molecule has 1 rings (SSSR count). The molecule has 6 nitrogen and oxygen atoms in total. The van der Waals surface area contributed by atoms with E-state index in [9.17, 15) is 8.42 Å². The Morgan fingerprint density at radius 1 is 1.54 bits per heavy atom. The van der Waals surface area contributed by atoms with E-state index in [0.717, 1.165) is 0 Å². The molecule has 0 bridgehead atoms. The number of rotatable bonds is 2. The van der Waals surface area contributed by atoms with E-state index in [1.165, 1.54) is 12.3 Å². The summed E-state index contributed by atoms with van der Waals surface area (Å²) in [5.41, 5.74) is 2.80. The highest BCUT2D eigenvalue weighted by Crippen LogP contribution is 2.14. The Morgan fingerprint density at radius 2 is 2.15 bits per heavy atom. The molecule has 7 heteroatoms. The molecule has 13 heavy (non-hydrogen) atoms. The van der Waals surface area contributed by atoms with Crippen molar-refractivity contribution in [3.63, 3.8) is 0 Å². The molecule has 0 spiro atoms. The number of sulfonamides is 1. The molecule has 1 aromatic heterocycles. The Balaban J connectivity index is 3.29. The smallest absolute Gasteiger partial charge is 0.239 e. The van der Waals surface area contributed by atoms with Crippen LogP contribution in [0.1, 0.15) is 5.56 Å². The molecule has 0 unspecified atom stereocenters. The van der Waals surface area contributed by atoms with Crippen LogP contribution in [0.4, 0.5) is 5.82 Å². The molecule has 0 aliphatic heterocycles. The maximum atomic E-state index is 10.9. The van der Waals surface area contributed by atoms with E-state index in [2.05, 4.69) is 10.4 Å². The van der Waals surface area contributed by atoms with Crippen molar-refractivity contribution in [3.8, 4) is 0 Å². The third kappa shape index (κ3) is 2.14. The molecule has 0 atom stereocenters. The molecule has 0 radical (unpaired) electrons. The largest absolute Gasteiger partial charge is 0.308 e. The van der Waals surface area contributed by atoms with Gasteiger partial charge < -0.3 is 5.43 Å². The second-order valence-electron chi connectivity index (χ2n) is 2.52. The van der Waals surface area contributed by atoms with Gasteiger partial charge in [-0.25, -0.2) is 24.4 Å². The van der Waals surface area contributed by atoms with Crippen LogP contribution in [0.25, 0.3) is 0 Å². The fraction of sp³-hybridized carbons (Fsp3) is 0.167. The van der Waals surface area contributed by atoms with Gasteiger partial charge in [-0.15, -0.1) is 0 Å². The van der Waals surface area contributed by atoms with Gasteiger partial charge in [0.1, 0.15) is 10.7 Å². The van der Waals surface area contributed by atoms with Crippen LogP contribution >= 0.6 is 0 Å². The molecule has 1 heterocycles. The van der Waals surface area contributed by atoms with Gasteiger partial charge in [0.15, 0.2) is 0 Å². The summed E-state index contributed by atoms with van der Waals surface area (Å²) in [4.78, 5) is 3.74. The minimum Gasteiger partial charge on any atom is -0.308 e. The van der Waals surface area contributed by atoms with Crippen molar-refractivity contribution < 1.29 is 8.42 Å². The van der Waals surface area contributed by atoms with E-state index < -0.39 is 10.0 Å². The summed E-state index contributed by atoms with van der Waals surface area (Å²) in [5.74, 6) is 5.48. The van der Waals surface area contributed by atoms with Gasteiger partial charge in [0.2, 0.25) is 10.0 Å². The highest BCUT2D eigenvalue weighted by Gasteiger charge is 2.11. The van der Waals surface area contributed by atoms with Crippen molar-refractivity contribution in [2.24, 2.45) is 11.0 Å². The number of nitrogens with two attached hydrogens (primary N) is 2. The third-order valence-corrected chi connectivity index (χ3v) is 2.56. The van der Waals surface area contributed by atoms with Crippen LogP contribution in [0.15, 0.2) is 17.2 Å². The van der Waals surface area contributed by atoms with Crippen molar-refractivity contribution in [1.82, 2.24) is 4.98 Å². The Kier molecular flexibility index (Phi) is 2.50. The summed E-state index contributed by atoms with van der Waals surface area (Å²) in [5, 5.41) is 4.93. The van der Waals surface area contributed by atoms with Crippen LogP contribution in [0, 0.1) is 6.92 Å². The summed E-state index contributed by atoms with van der Waals surface area (Å²) in [6.07, 6.45) is 1.17. The minimum atomic E-state index is -3.69. The first-order valence-corrected chi connectivity index (χ1v) is 4.96. The Labute approximate surface area is 76.0 Å². The van der Waals surface area contributed by atoms with Gasteiger partial charge in [-0.1, -0.05) is 0 Å². The zero-order valence-electron chi connectivity index (χ0n) is 6.98. The molecule has 0 fully saturated rings. The summed E-state index contributed by atoms with van der Waals surface area (Å²) < 4.78 is 21.9. The van der Waals surface area contributed by atoms with Crippen LogP contribution < -0.4 is 16.4 Å². The van der Waals surface area contributed by atoms with Crippen LogP contribution in [0.5, 0.6) is 0 Å². The molecule has 0 saturated carbocycles. The molecule has 72 valence electrons. The number of hydrogen-bond acceptors (Lipinski definition) is 5. The van der Waals surface area contributed by atoms with Gasteiger partial charge in [-0.3, -0.25) is 0 Å². The monoisotopic (exact) mass is 202 g/mol. The number of aromatic nitrogens is 1. The predicted octanol–water partition coefficient (Wildman–Crippen LogP) is -0.677. The first-order valence-electron chi connectivity index (χ1n) is 3.41. The Bertz CT molecular complexity index is 415. The highest BCUT2D eigenvalue weighted by molar-refractivity contribution is 7.89. The molecule has 0 amide bonds. The maximum absolute atomic E-state index is 10.9. The molecule has 0 aliphatic rings. The number of hydrogen-bond donors (Lipinski definition) is 3. The SMILES string of the molecule is Cc1cc(NN)ncc1S(N)(=O)=O. The molecule has 1 aromatic rings. The summed E-state index contributed by atoms with van der Waals surface area (Å²) in [6, 6.07) is 1.50. The van der Waals surface area contributed by atoms with E-state index in [4.69, 9.17) is 11.0 Å². The number of nitrogens with one attached hydrogen (secondary N) is 1. The number of pyridine rings is 1. The standard InChI is InChI=1S/C6H10N4O2S/c1-4-2-6(10-7)9-3-5(4)13(8,11)12/h2-3H,7H2,1H3,(H,9,10)(H2,8,11,12). The summed E-state index contributed by atoms with van der Waals surface area (Å²) in [7, 11) is -3.69. The van der Waals surface area contributed by atoms with Crippen molar-refractivity contribution in [2.45, 2.75) is 11.8 Å². The second-order valence-corrected chi connectivity index (χ2v) is 4.05. The number of nitrogens with zero attached hydrogens (tertiary/aromatic N) is 1. The number of aryl methyl sites for hydroxylation is 1.